The van der Waals surface area contributed by atoms with Crippen LogP contribution in [0.3, 0.4) is 0 Å². The van der Waals surface area contributed by atoms with Crippen molar-refractivity contribution >= 4 is 18.0 Å². The van der Waals surface area contributed by atoms with Crippen molar-refractivity contribution in [3.8, 4) is 23.0 Å². The molecule has 6 N–H and O–H groups in total. The van der Waals surface area contributed by atoms with Crippen LogP contribution in [0.2, 0.25) is 0 Å². The number of carbonyl (C=O) groups is 2. The van der Waals surface area contributed by atoms with Gasteiger partial charge in [0.15, 0.2) is 47.8 Å². The Morgan fingerprint density at radius 1 is 0.837 bits per heavy atom. The molecule has 2 heterocycles. The van der Waals surface area contributed by atoms with E-state index in [0.29, 0.717) is 11.1 Å². The lowest BCUT2D eigenvalue weighted by atomic mass is 9.96. The summed E-state index contributed by atoms with van der Waals surface area (Å²) in [6.07, 6.45) is -12.1. The summed E-state index contributed by atoms with van der Waals surface area (Å²) in [5.74, 6) is -1.46. The maximum atomic E-state index is 13.0. The topological polar surface area (TPSA) is 229 Å². The molecule has 0 amide bonds. The van der Waals surface area contributed by atoms with Crippen LogP contribution in [-0.2, 0) is 44.4 Å². The largest absolute Gasteiger partial charge is 0.504 e. The van der Waals surface area contributed by atoms with Crippen LogP contribution < -0.4 is 9.47 Å². The summed E-state index contributed by atoms with van der Waals surface area (Å²) in [6.45, 7) is 1.77. The lowest BCUT2D eigenvalue weighted by Crippen LogP contribution is -2.65. The van der Waals surface area contributed by atoms with Crippen molar-refractivity contribution in [1.29, 1.82) is 0 Å². The van der Waals surface area contributed by atoms with Gasteiger partial charge in [-0.15, -0.1) is 0 Å². The van der Waals surface area contributed by atoms with E-state index < -0.39 is 80.0 Å². The maximum Gasteiger partial charge on any atom is 0.331 e. The summed E-state index contributed by atoms with van der Waals surface area (Å²) in [6, 6.07) is 9.12. The van der Waals surface area contributed by atoms with Gasteiger partial charge in [0.2, 0.25) is 0 Å². The van der Waals surface area contributed by atoms with Gasteiger partial charge in [0.05, 0.1) is 33.5 Å². The summed E-state index contributed by atoms with van der Waals surface area (Å²) < 4.78 is 44.1. The Morgan fingerprint density at radius 2 is 1.55 bits per heavy atom. The minimum absolute atomic E-state index is 0.0397. The number of aliphatic hydroxyl groups excluding tert-OH is 4. The fourth-order valence-corrected chi connectivity index (χ4v) is 5.39. The fraction of sp³-hybridized carbons (Fsp3) is 0.515. The van der Waals surface area contributed by atoms with Crippen molar-refractivity contribution in [2.24, 2.45) is 0 Å². The smallest absolute Gasteiger partial charge is 0.331 e. The highest BCUT2D eigenvalue weighted by molar-refractivity contribution is 5.87. The van der Waals surface area contributed by atoms with Crippen molar-refractivity contribution in [3.63, 3.8) is 0 Å². The average molecular weight is 695 g/mol. The van der Waals surface area contributed by atoms with Gasteiger partial charge >= 0.3 is 11.9 Å². The van der Waals surface area contributed by atoms with Crippen LogP contribution in [0, 0.1) is 0 Å². The molecule has 0 aliphatic carbocycles. The van der Waals surface area contributed by atoms with E-state index in [1.165, 1.54) is 51.5 Å². The summed E-state index contributed by atoms with van der Waals surface area (Å²) >= 11 is 0. The number of hydrogen-bond acceptors (Lipinski definition) is 16. The minimum atomic E-state index is -1.75. The third-order valence-electron chi connectivity index (χ3n) is 7.95. The molecule has 2 aliphatic rings. The van der Waals surface area contributed by atoms with Crippen molar-refractivity contribution in [1.82, 2.24) is 0 Å². The van der Waals surface area contributed by atoms with Crippen LogP contribution in [0.15, 0.2) is 42.5 Å². The molecule has 2 aromatic carbocycles. The molecule has 0 spiro atoms. The normalized spacial score (nSPS) is 30.1. The second-order valence-corrected chi connectivity index (χ2v) is 11.4. The molecule has 2 fully saturated rings. The first-order valence-corrected chi connectivity index (χ1v) is 15.4. The predicted molar refractivity (Wildman–Crippen MR) is 166 cm³/mol. The fourth-order valence-electron chi connectivity index (χ4n) is 5.39. The Bertz CT molecular complexity index is 1450. The van der Waals surface area contributed by atoms with E-state index in [-0.39, 0.29) is 36.0 Å². The lowest BCUT2D eigenvalue weighted by molar-refractivity contribution is -0.357. The maximum absolute atomic E-state index is 13.0. The van der Waals surface area contributed by atoms with E-state index >= 15 is 0 Å². The number of hydrogen-bond donors (Lipinski definition) is 6. The Labute approximate surface area is 281 Å². The first-order valence-electron chi connectivity index (χ1n) is 15.4. The zero-order valence-corrected chi connectivity index (χ0v) is 27.3. The molecule has 0 bridgehead atoms. The summed E-state index contributed by atoms with van der Waals surface area (Å²) in [4.78, 5) is 24.7. The zero-order chi connectivity index (χ0) is 35.8. The SMILES string of the molecule is COc1ccc(CCO[C@@H]2O[C@@H](CO)[C@@H](OC(=O)C=Cc3ccc(O)c(OC)c3)[C@@H](O[C@H]3O[C@H](C)[C@H](O)[C@@H](OC(C)=O)[C@H]3O)[C@@H]2O)cc1O. The van der Waals surface area contributed by atoms with Gasteiger partial charge in [0.25, 0.3) is 0 Å². The van der Waals surface area contributed by atoms with Crippen LogP contribution >= 0.6 is 0 Å². The Kier molecular flexibility index (Phi) is 13.2. The number of esters is 2. The second kappa shape index (κ2) is 17.1. The molecule has 49 heavy (non-hydrogen) atoms. The number of methoxy groups -OCH3 is 2. The van der Waals surface area contributed by atoms with Crippen LogP contribution in [0.4, 0.5) is 0 Å². The highest BCUT2D eigenvalue weighted by Gasteiger charge is 2.53. The summed E-state index contributed by atoms with van der Waals surface area (Å²) in [5, 5.41) is 63.1. The molecule has 0 radical (unpaired) electrons. The van der Waals surface area contributed by atoms with Crippen molar-refractivity contribution < 1.29 is 78.1 Å². The molecule has 16 nitrogen and oxygen atoms in total. The number of ether oxygens (including phenoxy) is 8. The third kappa shape index (κ3) is 9.37. The summed E-state index contributed by atoms with van der Waals surface area (Å²) in [7, 11) is 2.78. The number of rotatable bonds is 13. The van der Waals surface area contributed by atoms with Crippen LogP contribution in [0.5, 0.6) is 23.0 Å². The third-order valence-corrected chi connectivity index (χ3v) is 7.95. The van der Waals surface area contributed by atoms with Gasteiger partial charge < -0.3 is 68.5 Å². The minimum Gasteiger partial charge on any atom is -0.504 e. The molecular formula is C33H42O16. The molecular weight excluding hydrogens is 652 g/mol. The van der Waals surface area contributed by atoms with Gasteiger partial charge in [-0.25, -0.2) is 4.79 Å². The molecule has 0 saturated carbocycles. The zero-order valence-electron chi connectivity index (χ0n) is 27.3. The molecule has 0 aromatic heterocycles. The molecule has 2 aliphatic heterocycles. The highest BCUT2D eigenvalue weighted by Crippen LogP contribution is 2.33. The van der Waals surface area contributed by atoms with Crippen molar-refractivity contribution in [3.05, 3.63) is 53.6 Å². The van der Waals surface area contributed by atoms with Crippen LogP contribution in [-0.4, -0.2) is 131 Å². The molecule has 10 atom stereocenters. The molecule has 270 valence electrons. The van der Waals surface area contributed by atoms with E-state index in [0.717, 1.165) is 13.0 Å². The van der Waals surface area contributed by atoms with Crippen molar-refractivity contribution in [2.45, 2.75) is 81.7 Å². The number of phenols is 2. The number of aromatic hydroxyl groups is 2. The Balaban J connectivity index is 1.56. The second-order valence-electron chi connectivity index (χ2n) is 11.4. The Hall–Kier alpha value is -4.00. The number of carbonyl (C=O) groups excluding carboxylic acids is 2. The first-order chi connectivity index (χ1) is 23.4. The van der Waals surface area contributed by atoms with E-state index in [1.54, 1.807) is 12.1 Å². The van der Waals surface area contributed by atoms with Crippen LogP contribution in [0.1, 0.15) is 25.0 Å². The molecule has 2 aromatic rings. The molecule has 0 unspecified atom stereocenters. The van der Waals surface area contributed by atoms with E-state index in [1.807, 2.05) is 0 Å². The van der Waals surface area contributed by atoms with Crippen LogP contribution in [0.25, 0.3) is 6.08 Å². The average Bonchev–Trinajstić information content (AvgIpc) is 3.07. The highest BCUT2D eigenvalue weighted by atomic mass is 16.7. The molecule has 16 heteroatoms. The lowest BCUT2D eigenvalue weighted by Gasteiger charge is -2.46. The van der Waals surface area contributed by atoms with Gasteiger partial charge in [-0.05, 0) is 54.8 Å². The predicted octanol–water partition coefficient (Wildman–Crippen LogP) is 0.161. The number of benzene rings is 2. The van der Waals surface area contributed by atoms with Gasteiger partial charge in [-0.3, -0.25) is 4.79 Å². The quantitative estimate of drug-likeness (QED) is 0.121. The van der Waals surface area contributed by atoms with E-state index in [2.05, 4.69) is 0 Å². The number of aliphatic hydroxyl groups is 4. The first kappa shape index (κ1) is 37.8. The Morgan fingerprint density at radius 3 is 2.20 bits per heavy atom. The van der Waals surface area contributed by atoms with Gasteiger partial charge in [0, 0.05) is 13.0 Å². The summed E-state index contributed by atoms with van der Waals surface area (Å²) in [5.41, 5.74) is 1.14. The standard InChI is InChI=1S/C33H42O16/c1-16-26(39)30(46-17(2)35)27(40)33(45-16)49-31-28(41)32(44-12-11-19-6-9-22(42-3)21(37)13-19)47-24(15-34)29(31)48-25(38)10-7-18-5-8-20(36)23(14-18)43-4/h5-10,13-14,16,24,26-34,36-37,39-41H,11-12,15H2,1-4H3/t16-,24+,26+,27-,28+,29-,30-,31+,32-,33-/m1/s1. The van der Waals surface area contributed by atoms with Gasteiger partial charge in [-0.2, -0.15) is 0 Å². The molecule has 2 saturated heterocycles. The van der Waals surface area contributed by atoms with Gasteiger partial charge in [-0.1, -0.05) is 12.1 Å². The number of phenolic OH excluding ortho intramolecular Hbond substituents is 2. The van der Waals surface area contributed by atoms with E-state index in [4.69, 9.17) is 37.9 Å². The van der Waals surface area contributed by atoms with E-state index in [9.17, 15) is 40.2 Å². The van der Waals surface area contributed by atoms with Crippen molar-refractivity contribution in [2.75, 3.05) is 27.4 Å². The monoisotopic (exact) mass is 694 g/mol. The van der Waals surface area contributed by atoms with Gasteiger partial charge in [0.1, 0.15) is 30.5 Å². The molecule has 4 rings (SSSR count).